The number of hydrogen-bond donors (Lipinski definition) is 0. The number of hydrogen-bond acceptors (Lipinski definition) is 4. The van der Waals surface area contributed by atoms with Crippen LogP contribution in [0.4, 0.5) is 0 Å². The number of carbonyl (C=O) groups is 1. The summed E-state index contributed by atoms with van der Waals surface area (Å²) in [6, 6.07) is 0. The van der Waals surface area contributed by atoms with E-state index in [2.05, 4.69) is 25.7 Å². The van der Waals surface area contributed by atoms with E-state index in [1.807, 2.05) is 4.57 Å². The van der Waals surface area contributed by atoms with Gasteiger partial charge in [-0.15, -0.1) is 0 Å². The monoisotopic (exact) mass is 260 g/mol. The molecule has 0 bridgehead atoms. The average molecular weight is 261 g/mol. The van der Waals surface area contributed by atoms with E-state index in [0.717, 1.165) is 5.82 Å². The van der Waals surface area contributed by atoms with Gasteiger partial charge in [-0.05, 0) is 15.9 Å². The summed E-state index contributed by atoms with van der Waals surface area (Å²) in [7, 11) is 1.34. The Balaban J connectivity index is 2.43. The number of carbonyl (C=O) groups excluding carboxylic acids is 1. The lowest BCUT2D eigenvalue weighted by Gasteiger charge is -2.14. The third-order valence-corrected chi connectivity index (χ3v) is 2.86. The molecule has 1 aromatic rings. The SMILES string of the molecule is COC(=O)c1nc2n(c1Br)CCOC2. The fourth-order valence-corrected chi connectivity index (χ4v) is 1.99. The normalized spacial score (nSPS) is 15.0. The maximum Gasteiger partial charge on any atom is 0.359 e. The zero-order chi connectivity index (χ0) is 10.1. The molecule has 0 saturated heterocycles. The number of ether oxygens (including phenoxy) is 2. The van der Waals surface area contributed by atoms with E-state index in [4.69, 9.17) is 4.74 Å². The largest absolute Gasteiger partial charge is 0.464 e. The van der Waals surface area contributed by atoms with Gasteiger partial charge in [-0.3, -0.25) is 0 Å². The molecule has 14 heavy (non-hydrogen) atoms. The van der Waals surface area contributed by atoms with E-state index in [9.17, 15) is 4.79 Å². The first-order valence-corrected chi connectivity index (χ1v) is 4.94. The van der Waals surface area contributed by atoms with Crippen molar-refractivity contribution < 1.29 is 14.3 Å². The summed E-state index contributed by atoms with van der Waals surface area (Å²) in [6.07, 6.45) is 0. The van der Waals surface area contributed by atoms with Crippen LogP contribution in [0.2, 0.25) is 0 Å². The van der Waals surface area contributed by atoms with Gasteiger partial charge in [-0.25, -0.2) is 9.78 Å². The van der Waals surface area contributed by atoms with Crippen LogP contribution in [0.1, 0.15) is 16.3 Å². The summed E-state index contributed by atoms with van der Waals surface area (Å²) in [5, 5.41) is 0. The molecule has 0 amide bonds. The quantitative estimate of drug-likeness (QED) is 0.706. The maximum atomic E-state index is 11.3. The summed E-state index contributed by atoms with van der Waals surface area (Å²) in [6.45, 7) is 1.79. The van der Waals surface area contributed by atoms with E-state index >= 15 is 0 Å². The van der Waals surface area contributed by atoms with E-state index in [1.54, 1.807) is 0 Å². The number of esters is 1. The summed E-state index contributed by atoms with van der Waals surface area (Å²) >= 11 is 3.32. The lowest BCUT2D eigenvalue weighted by Crippen LogP contribution is -2.16. The molecule has 76 valence electrons. The lowest BCUT2D eigenvalue weighted by atomic mass is 10.5. The molecular weight excluding hydrogens is 252 g/mol. The van der Waals surface area contributed by atoms with Gasteiger partial charge in [0.2, 0.25) is 0 Å². The van der Waals surface area contributed by atoms with Crippen molar-refractivity contribution in [3.05, 3.63) is 16.1 Å². The molecule has 2 heterocycles. The highest BCUT2D eigenvalue weighted by Gasteiger charge is 2.22. The molecule has 1 aliphatic rings. The molecule has 0 spiro atoms. The molecule has 2 rings (SSSR count). The average Bonchev–Trinajstić information content (AvgIpc) is 2.56. The first-order valence-electron chi connectivity index (χ1n) is 4.15. The molecule has 0 atom stereocenters. The third-order valence-electron chi connectivity index (χ3n) is 2.05. The van der Waals surface area contributed by atoms with Gasteiger partial charge in [0, 0.05) is 6.54 Å². The summed E-state index contributed by atoms with van der Waals surface area (Å²) in [5.41, 5.74) is 0.313. The second kappa shape index (κ2) is 3.70. The number of nitrogens with zero attached hydrogens (tertiary/aromatic N) is 2. The van der Waals surface area contributed by atoms with Crippen molar-refractivity contribution in [1.82, 2.24) is 9.55 Å². The van der Waals surface area contributed by atoms with Crippen molar-refractivity contribution >= 4 is 21.9 Å². The van der Waals surface area contributed by atoms with E-state index in [1.165, 1.54) is 7.11 Å². The number of aromatic nitrogens is 2. The van der Waals surface area contributed by atoms with Crippen LogP contribution in [0.3, 0.4) is 0 Å². The van der Waals surface area contributed by atoms with Crippen LogP contribution in [0, 0.1) is 0 Å². The van der Waals surface area contributed by atoms with Gasteiger partial charge >= 0.3 is 5.97 Å². The highest BCUT2D eigenvalue weighted by atomic mass is 79.9. The number of fused-ring (bicyclic) bond motifs is 1. The predicted octanol–water partition coefficient (Wildman–Crippen LogP) is 0.962. The highest BCUT2D eigenvalue weighted by molar-refractivity contribution is 9.10. The number of methoxy groups -OCH3 is 1. The van der Waals surface area contributed by atoms with Crippen LogP contribution >= 0.6 is 15.9 Å². The standard InChI is InChI=1S/C8H9BrN2O3/c1-13-8(12)6-7(9)11-2-3-14-4-5(11)10-6/h2-4H2,1H3. The number of halogens is 1. The first kappa shape index (κ1) is 9.67. The Morgan fingerprint density at radius 3 is 3.14 bits per heavy atom. The fraction of sp³-hybridized carbons (Fsp3) is 0.500. The maximum absolute atomic E-state index is 11.3. The number of rotatable bonds is 1. The molecule has 1 aliphatic heterocycles. The van der Waals surface area contributed by atoms with Crippen LogP contribution < -0.4 is 0 Å². The molecular formula is C8H9BrN2O3. The Bertz CT molecular complexity index is 375. The van der Waals surface area contributed by atoms with Crippen molar-refractivity contribution in [3.8, 4) is 0 Å². The van der Waals surface area contributed by atoms with Crippen molar-refractivity contribution in [2.24, 2.45) is 0 Å². The van der Waals surface area contributed by atoms with Crippen LogP contribution in [-0.4, -0.2) is 29.2 Å². The van der Waals surface area contributed by atoms with Crippen molar-refractivity contribution in [2.75, 3.05) is 13.7 Å². The predicted molar refractivity (Wildman–Crippen MR) is 50.9 cm³/mol. The van der Waals surface area contributed by atoms with Crippen molar-refractivity contribution in [2.45, 2.75) is 13.2 Å². The minimum absolute atomic E-state index is 0.313. The molecule has 1 aromatic heterocycles. The van der Waals surface area contributed by atoms with Crippen LogP contribution in [0.25, 0.3) is 0 Å². The Kier molecular flexibility index (Phi) is 2.56. The molecule has 5 nitrogen and oxygen atoms in total. The van der Waals surface area contributed by atoms with Gasteiger partial charge in [0.1, 0.15) is 17.0 Å². The third kappa shape index (κ3) is 1.44. The fourth-order valence-electron chi connectivity index (χ4n) is 1.36. The zero-order valence-electron chi connectivity index (χ0n) is 7.62. The second-order valence-corrected chi connectivity index (χ2v) is 3.61. The topological polar surface area (TPSA) is 53.3 Å². The minimum atomic E-state index is -0.432. The Morgan fingerprint density at radius 2 is 2.50 bits per heavy atom. The van der Waals surface area contributed by atoms with E-state index in [0.29, 0.717) is 30.1 Å². The van der Waals surface area contributed by atoms with Gasteiger partial charge < -0.3 is 14.0 Å². The molecule has 0 aliphatic carbocycles. The minimum Gasteiger partial charge on any atom is -0.464 e. The van der Waals surface area contributed by atoms with Gasteiger partial charge in [0.15, 0.2) is 5.69 Å². The van der Waals surface area contributed by atoms with Gasteiger partial charge in [-0.1, -0.05) is 0 Å². The Hall–Kier alpha value is -0.880. The van der Waals surface area contributed by atoms with Crippen LogP contribution in [0.5, 0.6) is 0 Å². The Morgan fingerprint density at radius 1 is 1.71 bits per heavy atom. The summed E-state index contributed by atoms with van der Waals surface area (Å²) in [4.78, 5) is 15.4. The molecule has 0 unspecified atom stereocenters. The van der Waals surface area contributed by atoms with Gasteiger partial charge in [0.25, 0.3) is 0 Å². The Labute approximate surface area is 89.1 Å². The molecule has 6 heteroatoms. The van der Waals surface area contributed by atoms with E-state index in [-0.39, 0.29) is 0 Å². The molecule has 0 aromatic carbocycles. The summed E-state index contributed by atoms with van der Waals surface area (Å²) in [5.74, 6) is 0.322. The smallest absolute Gasteiger partial charge is 0.359 e. The lowest BCUT2D eigenvalue weighted by molar-refractivity contribution is 0.0593. The molecule has 0 N–H and O–H groups in total. The molecule has 0 fully saturated rings. The van der Waals surface area contributed by atoms with Gasteiger partial charge in [-0.2, -0.15) is 0 Å². The van der Waals surface area contributed by atoms with Crippen molar-refractivity contribution in [1.29, 1.82) is 0 Å². The van der Waals surface area contributed by atoms with Gasteiger partial charge in [0.05, 0.1) is 13.7 Å². The molecule has 0 radical (unpaired) electrons. The first-order chi connectivity index (χ1) is 6.74. The molecule has 0 saturated carbocycles. The zero-order valence-corrected chi connectivity index (χ0v) is 9.20. The number of imidazole rings is 1. The van der Waals surface area contributed by atoms with E-state index < -0.39 is 5.97 Å². The van der Waals surface area contributed by atoms with Crippen molar-refractivity contribution in [3.63, 3.8) is 0 Å². The summed E-state index contributed by atoms with van der Waals surface area (Å²) < 4.78 is 12.4. The second-order valence-electron chi connectivity index (χ2n) is 2.86. The van der Waals surface area contributed by atoms with Crippen LogP contribution in [0.15, 0.2) is 4.60 Å². The highest BCUT2D eigenvalue weighted by Crippen LogP contribution is 2.22. The van der Waals surface area contributed by atoms with Crippen LogP contribution in [-0.2, 0) is 22.6 Å².